The molecule has 1 amide bonds. The zero-order chi connectivity index (χ0) is 25.2. The van der Waals surface area contributed by atoms with Gasteiger partial charge < -0.3 is 14.4 Å². The summed E-state index contributed by atoms with van der Waals surface area (Å²) >= 11 is 12.2. The van der Waals surface area contributed by atoms with E-state index in [4.69, 9.17) is 32.7 Å². The summed E-state index contributed by atoms with van der Waals surface area (Å²) in [6.45, 7) is 5.79. The molecule has 0 saturated carbocycles. The first-order valence-electron chi connectivity index (χ1n) is 10.3. The van der Waals surface area contributed by atoms with Crippen LogP contribution in [0.2, 0.25) is 10.0 Å². The molecular weight excluding hydrogens is 510 g/mol. The highest BCUT2D eigenvalue weighted by Crippen LogP contribution is 2.31. The minimum atomic E-state index is -4.26. The van der Waals surface area contributed by atoms with Crippen molar-refractivity contribution in [3.05, 3.63) is 57.8 Å². The van der Waals surface area contributed by atoms with Gasteiger partial charge in [-0.3, -0.25) is 9.52 Å². The normalized spacial score (nSPS) is 19.4. The lowest BCUT2D eigenvalue weighted by atomic mass is 10.2. The standard InChI is InChI=1S/C22H23Cl2FN2O6S/c1-12-10-27(11-13(2)32-12)21(28)14(3)33-22(29)17-8-20(19(24)9-18(17)23)34(30,31)26-16-6-4-15(25)5-7-16/h4-9,12-14,26H,10-11H2,1-3H3. The Balaban J connectivity index is 1.80. The van der Waals surface area contributed by atoms with Crippen molar-refractivity contribution in [1.82, 2.24) is 4.90 Å². The van der Waals surface area contributed by atoms with Crippen LogP contribution in [0.3, 0.4) is 0 Å². The van der Waals surface area contributed by atoms with Gasteiger partial charge in [-0.05, 0) is 57.2 Å². The van der Waals surface area contributed by atoms with Gasteiger partial charge in [-0.15, -0.1) is 0 Å². The first-order chi connectivity index (χ1) is 15.9. The van der Waals surface area contributed by atoms with Gasteiger partial charge in [0.2, 0.25) is 0 Å². The molecule has 0 spiro atoms. The molecule has 12 heteroatoms. The van der Waals surface area contributed by atoms with Crippen LogP contribution in [0.25, 0.3) is 0 Å². The maximum absolute atomic E-state index is 13.1. The first kappa shape index (κ1) is 26.2. The van der Waals surface area contributed by atoms with Gasteiger partial charge in [-0.25, -0.2) is 17.6 Å². The van der Waals surface area contributed by atoms with Gasteiger partial charge in [0.05, 0.1) is 27.8 Å². The molecule has 184 valence electrons. The second-order valence-corrected chi connectivity index (χ2v) is 10.4. The Kier molecular flexibility index (Phi) is 8.07. The molecule has 0 aliphatic carbocycles. The summed E-state index contributed by atoms with van der Waals surface area (Å²) in [4.78, 5) is 26.6. The molecule has 2 aromatic rings. The fourth-order valence-corrected chi connectivity index (χ4v) is 5.42. The molecule has 1 saturated heterocycles. The first-order valence-corrected chi connectivity index (χ1v) is 12.5. The molecule has 3 unspecified atom stereocenters. The zero-order valence-corrected chi connectivity index (χ0v) is 20.9. The number of esters is 1. The van der Waals surface area contributed by atoms with E-state index in [2.05, 4.69) is 4.72 Å². The molecule has 3 rings (SSSR count). The van der Waals surface area contributed by atoms with Crippen LogP contribution in [0.5, 0.6) is 0 Å². The van der Waals surface area contributed by atoms with Crippen molar-refractivity contribution in [2.24, 2.45) is 0 Å². The van der Waals surface area contributed by atoms with E-state index in [1.54, 1.807) is 4.90 Å². The largest absolute Gasteiger partial charge is 0.449 e. The molecule has 34 heavy (non-hydrogen) atoms. The number of amides is 1. The quantitative estimate of drug-likeness (QED) is 0.561. The van der Waals surface area contributed by atoms with Crippen molar-refractivity contribution in [1.29, 1.82) is 0 Å². The van der Waals surface area contributed by atoms with Gasteiger partial charge in [0.25, 0.3) is 15.9 Å². The number of sulfonamides is 1. The van der Waals surface area contributed by atoms with Gasteiger partial charge in [-0.2, -0.15) is 0 Å². The SMILES string of the molecule is CC1CN(C(=O)C(C)OC(=O)c2cc(S(=O)(=O)Nc3ccc(F)cc3)c(Cl)cc2Cl)CC(C)O1. The van der Waals surface area contributed by atoms with E-state index in [0.717, 1.165) is 24.3 Å². The van der Waals surface area contributed by atoms with Crippen LogP contribution in [0, 0.1) is 5.82 Å². The predicted octanol–water partition coefficient (Wildman–Crippen LogP) is 4.11. The number of nitrogens with zero attached hydrogens (tertiary/aromatic N) is 1. The molecule has 2 aromatic carbocycles. The van der Waals surface area contributed by atoms with E-state index >= 15 is 0 Å². The van der Waals surface area contributed by atoms with E-state index in [9.17, 15) is 22.4 Å². The topological polar surface area (TPSA) is 102 Å². The summed E-state index contributed by atoms with van der Waals surface area (Å²) in [7, 11) is -4.26. The summed E-state index contributed by atoms with van der Waals surface area (Å²) in [6.07, 6.45) is -1.47. The maximum Gasteiger partial charge on any atom is 0.340 e. The van der Waals surface area contributed by atoms with E-state index in [1.807, 2.05) is 13.8 Å². The number of hydrogen-bond acceptors (Lipinski definition) is 6. The van der Waals surface area contributed by atoms with Crippen molar-refractivity contribution in [2.45, 2.75) is 44.0 Å². The summed E-state index contributed by atoms with van der Waals surface area (Å²) in [6, 6.07) is 6.68. The average molecular weight is 533 g/mol. The Hall–Kier alpha value is -2.40. The molecule has 1 aliphatic heterocycles. The van der Waals surface area contributed by atoms with Crippen LogP contribution >= 0.6 is 23.2 Å². The monoisotopic (exact) mass is 532 g/mol. The van der Waals surface area contributed by atoms with Crippen molar-refractivity contribution >= 4 is 50.8 Å². The minimum Gasteiger partial charge on any atom is -0.449 e. The third kappa shape index (κ3) is 6.18. The van der Waals surface area contributed by atoms with E-state index < -0.39 is 38.7 Å². The molecule has 0 radical (unpaired) electrons. The van der Waals surface area contributed by atoms with Crippen molar-refractivity contribution in [3.8, 4) is 0 Å². The number of carbonyl (C=O) groups excluding carboxylic acids is 2. The predicted molar refractivity (Wildman–Crippen MR) is 125 cm³/mol. The molecule has 1 fully saturated rings. The molecule has 1 aliphatic rings. The number of nitrogens with one attached hydrogen (secondary N) is 1. The van der Waals surface area contributed by atoms with Gasteiger partial charge in [0.15, 0.2) is 6.10 Å². The maximum atomic E-state index is 13.1. The van der Waals surface area contributed by atoms with Crippen LogP contribution in [-0.4, -0.2) is 56.6 Å². The van der Waals surface area contributed by atoms with Crippen LogP contribution in [0.15, 0.2) is 41.3 Å². The van der Waals surface area contributed by atoms with E-state index in [-0.39, 0.29) is 33.5 Å². The van der Waals surface area contributed by atoms with Gasteiger partial charge in [0.1, 0.15) is 10.7 Å². The number of rotatable bonds is 6. The average Bonchev–Trinajstić information content (AvgIpc) is 2.73. The number of morpholine rings is 1. The van der Waals surface area contributed by atoms with Crippen molar-refractivity contribution in [3.63, 3.8) is 0 Å². The number of benzene rings is 2. The van der Waals surface area contributed by atoms with Gasteiger partial charge in [-0.1, -0.05) is 23.2 Å². The number of carbonyl (C=O) groups is 2. The Labute approximate surface area is 207 Å². The van der Waals surface area contributed by atoms with Crippen LogP contribution in [0.4, 0.5) is 10.1 Å². The Morgan fingerprint density at radius 1 is 1.12 bits per heavy atom. The molecule has 0 aromatic heterocycles. The molecule has 3 atom stereocenters. The number of anilines is 1. The molecule has 1 N–H and O–H groups in total. The number of ether oxygens (including phenoxy) is 2. The van der Waals surface area contributed by atoms with E-state index in [1.165, 1.54) is 19.1 Å². The Morgan fingerprint density at radius 3 is 2.29 bits per heavy atom. The smallest absolute Gasteiger partial charge is 0.340 e. The summed E-state index contributed by atoms with van der Waals surface area (Å²) in [5.41, 5.74) is -0.196. The second kappa shape index (κ2) is 10.5. The highest BCUT2D eigenvalue weighted by atomic mass is 35.5. The fraction of sp³-hybridized carbons (Fsp3) is 0.364. The molecule has 8 nitrogen and oxygen atoms in total. The fourth-order valence-electron chi connectivity index (χ4n) is 3.51. The number of hydrogen-bond donors (Lipinski definition) is 1. The third-order valence-corrected chi connectivity index (χ3v) is 7.15. The Morgan fingerprint density at radius 2 is 1.71 bits per heavy atom. The number of halogens is 3. The van der Waals surface area contributed by atoms with Gasteiger partial charge >= 0.3 is 5.97 Å². The van der Waals surface area contributed by atoms with Crippen LogP contribution in [0.1, 0.15) is 31.1 Å². The minimum absolute atomic E-state index is 0.0877. The van der Waals surface area contributed by atoms with Crippen molar-refractivity contribution < 1.29 is 31.9 Å². The molecular formula is C22H23Cl2FN2O6S. The molecule has 1 heterocycles. The lowest BCUT2D eigenvalue weighted by Crippen LogP contribution is -2.51. The zero-order valence-electron chi connectivity index (χ0n) is 18.5. The third-order valence-electron chi connectivity index (χ3n) is 4.99. The van der Waals surface area contributed by atoms with Crippen molar-refractivity contribution in [2.75, 3.05) is 17.8 Å². The highest BCUT2D eigenvalue weighted by Gasteiger charge is 2.31. The Bertz CT molecular complexity index is 1180. The second-order valence-electron chi connectivity index (χ2n) is 7.92. The van der Waals surface area contributed by atoms with Gasteiger partial charge in [0, 0.05) is 18.8 Å². The summed E-state index contributed by atoms with van der Waals surface area (Å²) in [5.74, 6) is -1.94. The van der Waals surface area contributed by atoms with Crippen LogP contribution < -0.4 is 4.72 Å². The summed E-state index contributed by atoms with van der Waals surface area (Å²) < 4.78 is 51.9. The molecule has 0 bridgehead atoms. The van der Waals surface area contributed by atoms with E-state index in [0.29, 0.717) is 13.1 Å². The lowest BCUT2D eigenvalue weighted by molar-refractivity contribution is -0.151. The highest BCUT2D eigenvalue weighted by molar-refractivity contribution is 7.92. The van der Waals surface area contributed by atoms with Crippen LogP contribution in [-0.2, 0) is 24.3 Å². The summed E-state index contributed by atoms with van der Waals surface area (Å²) in [5, 5.41) is -0.388. The lowest BCUT2D eigenvalue weighted by Gasteiger charge is -2.36.